The highest BCUT2D eigenvalue weighted by Crippen LogP contribution is 2.13. The molecule has 2 heterocycles. The molecule has 0 bridgehead atoms. The zero-order chi connectivity index (χ0) is 14.0. The molecule has 4 N–H and O–H groups in total. The topological polar surface area (TPSA) is 134 Å². The van der Waals surface area contributed by atoms with Crippen molar-refractivity contribution < 1.29 is 13.2 Å². The van der Waals surface area contributed by atoms with Crippen LogP contribution >= 0.6 is 0 Å². The summed E-state index contributed by atoms with van der Waals surface area (Å²) in [5.74, 6) is -0.318. The number of nitrogens with zero attached hydrogens (tertiary/aromatic N) is 3. The zero-order valence-electron chi connectivity index (χ0n) is 10.5. The van der Waals surface area contributed by atoms with Crippen LogP contribution in [0.2, 0.25) is 0 Å². The number of amides is 1. The van der Waals surface area contributed by atoms with Gasteiger partial charge in [-0.1, -0.05) is 0 Å². The molecular weight excluding hydrogens is 272 g/mol. The van der Waals surface area contributed by atoms with Gasteiger partial charge in [0, 0.05) is 19.1 Å². The van der Waals surface area contributed by atoms with E-state index < -0.39 is 10.0 Å². The molecule has 1 aromatic heterocycles. The zero-order valence-corrected chi connectivity index (χ0v) is 11.3. The van der Waals surface area contributed by atoms with Gasteiger partial charge >= 0.3 is 0 Å². The van der Waals surface area contributed by atoms with Crippen LogP contribution in [0.3, 0.4) is 0 Å². The van der Waals surface area contributed by atoms with E-state index in [1.165, 1.54) is 10.6 Å². The van der Waals surface area contributed by atoms with Gasteiger partial charge in [0.15, 0.2) is 0 Å². The SMILES string of the molecule is CS(=O)(=O)N1CCC(NC(=O)c2nc(N)n[nH]2)CC1. The quantitative estimate of drug-likeness (QED) is 0.622. The number of carbonyl (C=O) groups excluding carboxylic acids is 1. The Labute approximate surface area is 110 Å². The maximum atomic E-state index is 11.8. The first-order valence-corrected chi connectivity index (χ1v) is 7.65. The molecule has 0 aliphatic carbocycles. The van der Waals surface area contributed by atoms with Crippen molar-refractivity contribution in [3.8, 4) is 0 Å². The van der Waals surface area contributed by atoms with E-state index in [1.54, 1.807) is 0 Å². The van der Waals surface area contributed by atoms with Gasteiger partial charge in [0.25, 0.3) is 5.91 Å². The van der Waals surface area contributed by atoms with E-state index in [-0.39, 0.29) is 23.7 Å². The number of piperidine rings is 1. The van der Waals surface area contributed by atoms with Gasteiger partial charge in [-0.2, -0.15) is 4.98 Å². The number of hydrogen-bond donors (Lipinski definition) is 3. The Morgan fingerprint density at radius 3 is 2.58 bits per heavy atom. The van der Waals surface area contributed by atoms with Crippen molar-refractivity contribution in [2.24, 2.45) is 0 Å². The highest BCUT2D eigenvalue weighted by molar-refractivity contribution is 7.88. The molecule has 0 saturated carbocycles. The number of aromatic amines is 1. The predicted molar refractivity (Wildman–Crippen MR) is 67.7 cm³/mol. The molecule has 1 fully saturated rings. The van der Waals surface area contributed by atoms with Crippen LogP contribution in [0.1, 0.15) is 23.5 Å². The summed E-state index contributed by atoms with van der Waals surface area (Å²) in [4.78, 5) is 15.5. The molecule has 106 valence electrons. The minimum Gasteiger partial charge on any atom is -0.366 e. The number of nitrogens with one attached hydrogen (secondary N) is 2. The first-order valence-electron chi connectivity index (χ1n) is 5.80. The van der Waals surface area contributed by atoms with Gasteiger partial charge in [-0.05, 0) is 12.8 Å². The second-order valence-electron chi connectivity index (χ2n) is 4.45. The fourth-order valence-electron chi connectivity index (χ4n) is 1.96. The Morgan fingerprint density at radius 2 is 2.11 bits per heavy atom. The van der Waals surface area contributed by atoms with Crippen LogP contribution in [0.25, 0.3) is 0 Å². The second kappa shape index (κ2) is 5.13. The summed E-state index contributed by atoms with van der Waals surface area (Å²) in [5, 5.41) is 8.76. The summed E-state index contributed by atoms with van der Waals surface area (Å²) in [5.41, 5.74) is 5.31. The average molecular weight is 288 g/mol. The summed E-state index contributed by atoms with van der Waals surface area (Å²) in [6, 6.07) is -0.0724. The van der Waals surface area contributed by atoms with Crippen LogP contribution < -0.4 is 11.1 Å². The van der Waals surface area contributed by atoms with Gasteiger partial charge in [0.2, 0.25) is 21.8 Å². The van der Waals surface area contributed by atoms with Crippen molar-refractivity contribution in [2.75, 3.05) is 25.1 Å². The molecule has 1 amide bonds. The number of anilines is 1. The van der Waals surface area contributed by atoms with Crippen LogP contribution in [0.15, 0.2) is 0 Å². The molecular formula is C9H16N6O3S. The van der Waals surface area contributed by atoms with Crippen LogP contribution in [0.5, 0.6) is 0 Å². The Bertz CT molecular complexity index is 560. The molecule has 19 heavy (non-hydrogen) atoms. The molecule has 1 aromatic rings. The minimum atomic E-state index is -3.15. The third-order valence-corrected chi connectivity index (χ3v) is 4.28. The second-order valence-corrected chi connectivity index (χ2v) is 6.43. The highest BCUT2D eigenvalue weighted by atomic mass is 32.2. The van der Waals surface area contributed by atoms with Crippen molar-refractivity contribution >= 4 is 21.9 Å². The third kappa shape index (κ3) is 3.41. The smallest absolute Gasteiger partial charge is 0.288 e. The number of hydrogen-bond acceptors (Lipinski definition) is 6. The van der Waals surface area contributed by atoms with E-state index in [9.17, 15) is 13.2 Å². The fraction of sp³-hybridized carbons (Fsp3) is 0.667. The standard InChI is InChI=1S/C9H16N6O3S/c1-19(17,18)15-4-2-6(3-5-15)11-8(16)7-12-9(10)14-13-7/h6H,2-5H2,1H3,(H,11,16)(H3,10,12,13,14). The van der Waals surface area contributed by atoms with E-state index in [0.717, 1.165) is 0 Å². The Balaban J connectivity index is 1.88. The van der Waals surface area contributed by atoms with E-state index in [4.69, 9.17) is 5.73 Å². The van der Waals surface area contributed by atoms with Crippen molar-refractivity contribution in [1.29, 1.82) is 0 Å². The van der Waals surface area contributed by atoms with Crippen LogP contribution in [0, 0.1) is 0 Å². The number of nitrogen functional groups attached to an aromatic ring is 1. The average Bonchev–Trinajstić information content (AvgIpc) is 2.75. The molecule has 1 saturated heterocycles. The first kappa shape index (κ1) is 13.7. The largest absolute Gasteiger partial charge is 0.366 e. The molecule has 1 aliphatic heterocycles. The number of sulfonamides is 1. The van der Waals surface area contributed by atoms with Gasteiger partial charge < -0.3 is 11.1 Å². The molecule has 10 heteroatoms. The number of nitrogens with two attached hydrogens (primary N) is 1. The lowest BCUT2D eigenvalue weighted by atomic mass is 10.1. The van der Waals surface area contributed by atoms with Crippen molar-refractivity contribution in [1.82, 2.24) is 24.8 Å². The van der Waals surface area contributed by atoms with Gasteiger partial charge in [-0.25, -0.2) is 12.7 Å². The Hall–Kier alpha value is -1.68. The molecule has 1 aliphatic rings. The molecule has 0 unspecified atom stereocenters. The summed E-state index contributed by atoms with van der Waals surface area (Å²) in [6.45, 7) is 0.810. The van der Waals surface area contributed by atoms with Crippen LogP contribution in [-0.4, -0.2) is 59.2 Å². The lowest BCUT2D eigenvalue weighted by Gasteiger charge is -2.30. The van der Waals surface area contributed by atoms with Crippen LogP contribution in [0.4, 0.5) is 5.95 Å². The third-order valence-electron chi connectivity index (χ3n) is 2.98. The van der Waals surface area contributed by atoms with Gasteiger partial charge in [0.05, 0.1) is 6.26 Å². The summed E-state index contributed by atoms with van der Waals surface area (Å²) >= 11 is 0. The molecule has 2 rings (SSSR count). The normalized spacial score (nSPS) is 18.4. The summed E-state index contributed by atoms with van der Waals surface area (Å²) in [7, 11) is -3.15. The van der Waals surface area contributed by atoms with Crippen LogP contribution in [-0.2, 0) is 10.0 Å². The minimum absolute atomic E-state index is 0.0112. The molecule has 0 atom stereocenters. The Kier molecular flexibility index (Phi) is 3.71. The van der Waals surface area contributed by atoms with E-state index in [1.807, 2.05) is 0 Å². The van der Waals surface area contributed by atoms with Crippen molar-refractivity contribution in [3.63, 3.8) is 0 Å². The Morgan fingerprint density at radius 1 is 1.47 bits per heavy atom. The maximum absolute atomic E-state index is 11.8. The lowest BCUT2D eigenvalue weighted by Crippen LogP contribution is -2.46. The number of H-pyrrole nitrogens is 1. The molecule has 0 radical (unpaired) electrons. The summed E-state index contributed by atoms with van der Waals surface area (Å²) in [6.07, 6.45) is 2.33. The maximum Gasteiger partial charge on any atom is 0.288 e. The van der Waals surface area contributed by atoms with Crippen molar-refractivity contribution in [2.45, 2.75) is 18.9 Å². The van der Waals surface area contributed by atoms with E-state index >= 15 is 0 Å². The van der Waals surface area contributed by atoms with E-state index in [2.05, 4.69) is 20.5 Å². The predicted octanol–water partition coefficient (Wildman–Crippen LogP) is -1.46. The lowest BCUT2D eigenvalue weighted by molar-refractivity contribution is 0.0914. The van der Waals surface area contributed by atoms with Crippen molar-refractivity contribution in [3.05, 3.63) is 5.82 Å². The molecule has 9 nitrogen and oxygen atoms in total. The number of aromatic nitrogens is 3. The number of carbonyl (C=O) groups is 1. The van der Waals surface area contributed by atoms with Gasteiger partial charge in [0.1, 0.15) is 0 Å². The first-order chi connectivity index (χ1) is 8.86. The monoisotopic (exact) mass is 288 g/mol. The fourth-order valence-corrected chi connectivity index (χ4v) is 2.84. The molecule has 0 aromatic carbocycles. The summed E-state index contributed by atoms with van der Waals surface area (Å²) < 4.78 is 24.1. The number of rotatable bonds is 3. The molecule has 0 spiro atoms. The van der Waals surface area contributed by atoms with E-state index in [0.29, 0.717) is 25.9 Å². The highest BCUT2D eigenvalue weighted by Gasteiger charge is 2.26. The van der Waals surface area contributed by atoms with Gasteiger partial charge in [-0.15, -0.1) is 5.10 Å². The van der Waals surface area contributed by atoms with Gasteiger partial charge in [-0.3, -0.25) is 9.89 Å².